The molecule has 4 aromatic rings. The van der Waals surface area contributed by atoms with E-state index in [-0.39, 0.29) is 17.5 Å². The lowest BCUT2D eigenvalue weighted by Gasteiger charge is -2.37. The summed E-state index contributed by atoms with van der Waals surface area (Å²) in [5.74, 6) is -0.575. The lowest BCUT2D eigenvalue weighted by molar-refractivity contribution is -0.121. The fourth-order valence-corrected chi connectivity index (χ4v) is 7.21. The molecule has 220 valence electrons. The smallest absolute Gasteiger partial charge is 0.238 e. The maximum Gasteiger partial charge on any atom is 0.238 e. The van der Waals surface area contributed by atoms with Gasteiger partial charge in [-0.3, -0.25) is 14.4 Å². The number of ether oxygens (including phenoxy) is 3. The Morgan fingerprint density at radius 3 is 2.23 bits per heavy atom. The minimum Gasteiger partial charge on any atom is -0.497 e. The molecule has 0 aliphatic carbocycles. The Balaban J connectivity index is 1.51. The summed E-state index contributed by atoms with van der Waals surface area (Å²) in [7, 11) is 4.59. The molecule has 8 nitrogen and oxygen atoms in total. The van der Waals surface area contributed by atoms with Crippen LogP contribution in [0.3, 0.4) is 0 Å². The zero-order valence-corrected chi connectivity index (χ0v) is 24.4. The number of Topliss-reactive ketones (excluding diaryl/α,β-unsaturated/α-hetero) is 2. The van der Waals surface area contributed by atoms with Crippen LogP contribution >= 0.6 is 0 Å². The third kappa shape index (κ3) is 3.80. The molecule has 1 N–H and O–H groups in total. The number of nitrogens with zero attached hydrogens (tertiary/aromatic N) is 1. The third-order valence-corrected chi connectivity index (χ3v) is 9.14. The van der Waals surface area contributed by atoms with Gasteiger partial charge in [-0.15, -0.1) is 0 Å². The number of hydrogen-bond acceptors (Lipinski definition) is 7. The molecule has 0 aromatic heterocycles. The van der Waals surface area contributed by atoms with Crippen molar-refractivity contribution in [1.29, 1.82) is 0 Å². The number of ketones is 2. The zero-order valence-electron chi connectivity index (χ0n) is 24.4. The van der Waals surface area contributed by atoms with E-state index in [2.05, 4.69) is 5.32 Å². The summed E-state index contributed by atoms with van der Waals surface area (Å²) in [5, 5.41) is 3.05. The van der Waals surface area contributed by atoms with E-state index in [1.807, 2.05) is 65.6 Å². The predicted octanol–water partition coefficient (Wildman–Crippen LogP) is 5.57. The highest BCUT2D eigenvalue weighted by Gasteiger charge is 2.70. The van der Waals surface area contributed by atoms with Crippen molar-refractivity contribution < 1.29 is 28.6 Å². The number of benzene rings is 4. The van der Waals surface area contributed by atoms with Crippen LogP contribution in [-0.2, 0) is 10.2 Å². The van der Waals surface area contributed by atoms with E-state index >= 15 is 4.79 Å². The molecule has 0 bridgehead atoms. The normalized spacial score (nSPS) is 22.6. The van der Waals surface area contributed by atoms with Crippen molar-refractivity contribution in [3.05, 3.63) is 119 Å². The minimum absolute atomic E-state index is 0.268. The largest absolute Gasteiger partial charge is 0.497 e. The number of carbonyl (C=O) groups excluding carboxylic acids is 3. The van der Waals surface area contributed by atoms with Gasteiger partial charge >= 0.3 is 0 Å². The van der Waals surface area contributed by atoms with Crippen molar-refractivity contribution in [2.24, 2.45) is 5.92 Å². The number of amides is 1. The molecule has 1 amide bonds. The lowest BCUT2D eigenvalue weighted by Crippen LogP contribution is -2.51. The van der Waals surface area contributed by atoms with Gasteiger partial charge in [-0.25, -0.2) is 0 Å². The average molecular weight is 587 g/mol. The quantitative estimate of drug-likeness (QED) is 0.283. The summed E-state index contributed by atoms with van der Waals surface area (Å²) >= 11 is 0. The molecule has 44 heavy (non-hydrogen) atoms. The minimum atomic E-state index is -1.41. The summed E-state index contributed by atoms with van der Waals surface area (Å²) in [6.07, 6.45) is 3.94. The van der Waals surface area contributed by atoms with Crippen LogP contribution < -0.4 is 24.4 Å². The van der Waals surface area contributed by atoms with Gasteiger partial charge in [0.25, 0.3) is 0 Å². The first-order valence-electron chi connectivity index (χ1n) is 14.3. The highest BCUT2D eigenvalue weighted by molar-refractivity contribution is 6.18. The van der Waals surface area contributed by atoms with Gasteiger partial charge in [0.15, 0.2) is 23.1 Å². The fourth-order valence-electron chi connectivity index (χ4n) is 7.21. The molecule has 8 heteroatoms. The number of rotatable bonds is 7. The summed E-state index contributed by atoms with van der Waals surface area (Å²) in [6, 6.07) is 25.3. The Kier molecular flexibility index (Phi) is 6.50. The highest BCUT2D eigenvalue weighted by Crippen LogP contribution is 2.58. The number of hydrogen-bond donors (Lipinski definition) is 1. The number of fused-ring (bicyclic) bond motifs is 6. The van der Waals surface area contributed by atoms with Gasteiger partial charge in [0, 0.05) is 22.5 Å². The van der Waals surface area contributed by atoms with Gasteiger partial charge in [-0.2, -0.15) is 0 Å². The van der Waals surface area contributed by atoms with Crippen molar-refractivity contribution in [1.82, 2.24) is 0 Å². The molecule has 0 radical (unpaired) electrons. The van der Waals surface area contributed by atoms with Crippen LogP contribution in [0.5, 0.6) is 17.2 Å². The van der Waals surface area contributed by atoms with Crippen molar-refractivity contribution in [2.45, 2.75) is 17.5 Å². The number of anilines is 2. The van der Waals surface area contributed by atoms with Gasteiger partial charge in [0.05, 0.1) is 33.3 Å². The third-order valence-electron chi connectivity index (χ3n) is 9.14. The van der Waals surface area contributed by atoms with E-state index in [9.17, 15) is 9.59 Å². The summed E-state index contributed by atoms with van der Waals surface area (Å²) in [5.41, 5.74) is 2.32. The molecule has 0 saturated carbocycles. The Labute approximate surface area is 254 Å². The maximum absolute atomic E-state index is 15.0. The Bertz CT molecular complexity index is 1850. The molecular formula is C36H30N2O6. The molecule has 1 fully saturated rings. The molecule has 3 heterocycles. The van der Waals surface area contributed by atoms with Crippen LogP contribution in [-0.4, -0.2) is 50.9 Å². The Hall–Kier alpha value is -5.37. The number of nitrogens with one attached hydrogen (secondary N) is 1. The van der Waals surface area contributed by atoms with Crippen molar-refractivity contribution in [3.8, 4) is 17.2 Å². The van der Waals surface area contributed by atoms with E-state index in [1.165, 1.54) is 14.2 Å². The second kappa shape index (κ2) is 10.4. The molecule has 4 aromatic carbocycles. The first kappa shape index (κ1) is 27.5. The highest BCUT2D eigenvalue weighted by atomic mass is 16.5. The fraction of sp³-hybridized carbons (Fsp3) is 0.194. The summed E-state index contributed by atoms with van der Waals surface area (Å²) in [4.78, 5) is 46.3. The summed E-state index contributed by atoms with van der Waals surface area (Å²) in [6.45, 7) is 0. The van der Waals surface area contributed by atoms with E-state index in [4.69, 9.17) is 14.2 Å². The standard InChI is InChI=1S/C36H30N2O6/c1-42-24-16-12-22(13-17-24)34(40)32-31(33(39)23-14-18-28(43-2)29(20-23)44-3)36(25-9-5-6-10-26(25)37-35(36)41)30-19-15-21-8-4-7-11-27(21)38(30)32/h4-20,30-32H,1-3H3,(H,37,41)/t30-,31+,32-,36+/m0/s1. The average Bonchev–Trinajstić information content (AvgIpc) is 3.55. The topological polar surface area (TPSA) is 94.2 Å². The van der Waals surface area contributed by atoms with Crippen molar-refractivity contribution in [3.63, 3.8) is 0 Å². The summed E-state index contributed by atoms with van der Waals surface area (Å²) < 4.78 is 16.3. The van der Waals surface area contributed by atoms with Crippen LogP contribution in [0.15, 0.2) is 97.1 Å². The number of carbonyl (C=O) groups is 3. The number of para-hydroxylation sites is 2. The lowest BCUT2D eigenvalue weighted by atomic mass is 9.64. The SMILES string of the molecule is COc1ccc(C(=O)[C@@H]2[C@H](C(=O)c3ccc(OC)c(OC)c3)[C@]3(C(=O)Nc4ccccc43)[C@@H]3C=Cc4ccccc4N23)cc1. The molecule has 1 saturated heterocycles. The molecule has 3 aliphatic heterocycles. The molecule has 4 atom stereocenters. The van der Waals surface area contributed by atoms with Gasteiger partial charge in [0.2, 0.25) is 5.91 Å². The van der Waals surface area contributed by atoms with Crippen molar-refractivity contribution in [2.75, 3.05) is 31.5 Å². The Morgan fingerprint density at radius 2 is 1.48 bits per heavy atom. The molecule has 1 spiro atoms. The number of methoxy groups -OCH3 is 3. The van der Waals surface area contributed by atoms with Crippen molar-refractivity contribution >= 4 is 34.9 Å². The molecule has 7 rings (SSSR count). The van der Waals surface area contributed by atoms with Crippen LogP contribution in [0.1, 0.15) is 31.8 Å². The molecule has 0 unspecified atom stereocenters. The molecule has 3 aliphatic rings. The maximum atomic E-state index is 15.0. The van der Waals surface area contributed by atoms with Crippen LogP contribution in [0.2, 0.25) is 0 Å². The predicted molar refractivity (Wildman–Crippen MR) is 167 cm³/mol. The zero-order chi connectivity index (χ0) is 30.6. The van der Waals surface area contributed by atoms with Crippen LogP contribution in [0, 0.1) is 5.92 Å². The first-order chi connectivity index (χ1) is 21.4. The van der Waals surface area contributed by atoms with Gasteiger partial charge in [0.1, 0.15) is 17.2 Å². The first-order valence-corrected chi connectivity index (χ1v) is 14.3. The van der Waals surface area contributed by atoms with Gasteiger partial charge in [-0.1, -0.05) is 48.6 Å². The van der Waals surface area contributed by atoms with Crippen LogP contribution in [0.25, 0.3) is 6.08 Å². The second-order valence-corrected chi connectivity index (χ2v) is 11.1. The Morgan fingerprint density at radius 1 is 0.773 bits per heavy atom. The van der Waals surface area contributed by atoms with E-state index in [1.54, 1.807) is 49.6 Å². The van der Waals surface area contributed by atoms with E-state index < -0.39 is 23.4 Å². The van der Waals surface area contributed by atoms with E-state index in [0.29, 0.717) is 39.6 Å². The monoisotopic (exact) mass is 586 g/mol. The second-order valence-electron chi connectivity index (χ2n) is 11.1. The van der Waals surface area contributed by atoms with E-state index in [0.717, 1.165) is 11.3 Å². The molecular weight excluding hydrogens is 556 g/mol. The van der Waals surface area contributed by atoms with Gasteiger partial charge < -0.3 is 24.4 Å². The van der Waals surface area contributed by atoms with Gasteiger partial charge in [-0.05, 0) is 65.7 Å². The van der Waals surface area contributed by atoms with Crippen LogP contribution in [0.4, 0.5) is 11.4 Å².